The van der Waals surface area contributed by atoms with Crippen LogP contribution in [0.5, 0.6) is 0 Å². The molecular formula is C14H18O3S. The first-order valence-corrected chi connectivity index (χ1v) is 7.79. The number of benzene rings is 1. The second kappa shape index (κ2) is 6.16. The topological polar surface area (TPSA) is 43.4 Å². The lowest BCUT2D eigenvalue weighted by atomic mass is 10.0. The molecule has 0 radical (unpaired) electrons. The summed E-state index contributed by atoms with van der Waals surface area (Å²) < 4.78 is 28.5. The Bertz CT molecular complexity index is 483. The lowest BCUT2D eigenvalue weighted by molar-refractivity contribution is 0.284. The fraction of sp³-hybridized carbons (Fsp3) is 0.429. The third-order valence-electron chi connectivity index (χ3n) is 3.08. The highest BCUT2D eigenvalue weighted by atomic mass is 32.2. The van der Waals surface area contributed by atoms with Gasteiger partial charge in [-0.2, -0.15) is 8.42 Å². The van der Waals surface area contributed by atoms with Gasteiger partial charge in [0.2, 0.25) is 0 Å². The molecule has 0 aromatic heterocycles. The molecule has 1 aromatic carbocycles. The van der Waals surface area contributed by atoms with E-state index in [0.717, 1.165) is 24.8 Å². The quantitative estimate of drug-likeness (QED) is 0.587. The van der Waals surface area contributed by atoms with Crippen molar-refractivity contribution < 1.29 is 12.6 Å². The molecule has 2 rings (SSSR count). The summed E-state index contributed by atoms with van der Waals surface area (Å²) in [5.74, 6) is 0.508. The van der Waals surface area contributed by atoms with E-state index in [1.165, 1.54) is 0 Å². The van der Waals surface area contributed by atoms with Gasteiger partial charge in [-0.05, 0) is 30.7 Å². The fourth-order valence-electron chi connectivity index (χ4n) is 2.07. The Hall–Kier alpha value is -1.13. The van der Waals surface area contributed by atoms with E-state index in [-0.39, 0.29) is 5.75 Å². The van der Waals surface area contributed by atoms with Crippen molar-refractivity contribution >= 4 is 10.1 Å². The maximum Gasteiger partial charge on any atom is 0.271 e. The molecule has 0 saturated carbocycles. The largest absolute Gasteiger partial charge is 0.271 e. The minimum Gasteiger partial charge on any atom is -0.270 e. The molecule has 0 heterocycles. The minimum absolute atomic E-state index is 0.0449. The molecule has 0 spiro atoms. The third-order valence-corrected chi connectivity index (χ3v) is 4.29. The summed E-state index contributed by atoms with van der Waals surface area (Å²) in [6.07, 6.45) is 7.18. The summed E-state index contributed by atoms with van der Waals surface area (Å²) in [6, 6.07) is 9.11. The van der Waals surface area contributed by atoms with Crippen LogP contribution in [0.1, 0.15) is 24.8 Å². The summed E-state index contributed by atoms with van der Waals surface area (Å²) >= 11 is 0. The monoisotopic (exact) mass is 266 g/mol. The highest BCUT2D eigenvalue weighted by molar-refractivity contribution is 7.85. The van der Waals surface area contributed by atoms with Crippen molar-refractivity contribution in [3.8, 4) is 0 Å². The Labute approximate surface area is 109 Å². The summed E-state index contributed by atoms with van der Waals surface area (Å²) in [5.41, 5.74) is 0.764. The molecule has 0 amide bonds. The maximum atomic E-state index is 11.7. The van der Waals surface area contributed by atoms with Gasteiger partial charge in [-0.15, -0.1) is 0 Å². The van der Waals surface area contributed by atoms with E-state index in [1.54, 1.807) is 12.1 Å². The van der Waals surface area contributed by atoms with E-state index in [9.17, 15) is 8.42 Å². The zero-order valence-corrected chi connectivity index (χ0v) is 11.1. The Morgan fingerprint density at radius 2 is 1.78 bits per heavy atom. The lowest BCUT2D eigenvalue weighted by Crippen LogP contribution is -2.11. The van der Waals surface area contributed by atoms with E-state index in [2.05, 4.69) is 12.2 Å². The van der Waals surface area contributed by atoms with E-state index < -0.39 is 10.1 Å². The SMILES string of the molecule is O=S(=O)(Cc1ccccc1)OCCC1CC=CC1. The zero-order chi connectivity index (χ0) is 12.8. The van der Waals surface area contributed by atoms with Gasteiger partial charge < -0.3 is 0 Å². The molecule has 1 aliphatic carbocycles. The van der Waals surface area contributed by atoms with Crippen molar-refractivity contribution in [2.75, 3.05) is 6.61 Å². The van der Waals surface area contributed by atoms with Crippen LogP contribution in [0.4, 0.5) is 0 Å². The van der Waals surface area contributed by atoms with Gasteiger partial charge in [-0.1, -0.05) is 42.5 Å². The van der Waals surface area contributed by atoms with Crippen LogP contribution in [0, 0.1) is 5.92 Å². The number of hydrogen-bond acceptors (Lipinski definition) is 3. The Morgan fingerprint density at radius 1 is 1.11 bits per heavy atom. The van der Waals surface area contributed by atoms with Crippen molar-refractivity contribution in [3.05, 3.63) is 48.0 Å². The summed E-state index contributed by atoms with van der Waals surface area (Å²) in [5, 5.41) is 0. The van der Waals surface area contributed by atoms with Gasteiger partial charge in [0.15, 0.2) is 0 Å². The second-order valence-corrected chi connectivity index (χ2v) is 6.25. The standard InChI is InChI=1S/C14H18O3S/c15-18(16,12-14-8-2-1-3-9-14)17-11-10-13-6-4-5-7-13/h1-5,8-9,13H,6-7,10-12H2. The molecule has 18 heavy (non-hydrogen) atoms. The van der Waals surface area contributed by atoms with E-state index in [1.807, 2.05) is 18.2 Å². The normalized spacial score (nSPS) is 16.2. The number of allylic oxidation sites excluding steroid dienone is 2. The molecule has 1 aromatic rings. The van der Waals surface area contributed by atoms with Crippen LogP contribution >= 0.6 is 0 Å². The average molecular weight is 266 g/mol. The van der Waals surface area contributed by atoms with Crippen molar-refractivity contribution in [3.63, 3.8) is 0 Å². The van der Waals surface area contributed by atoms with Gasteiger partial charge >= 0.3 is 0 Å². The number of rotatable bonds is 6. The third kappa shape index (κ3) is 4.27. The maximum absolute atomic E-state index is 11.7. The molecule has 98 valence electrons. The van der Waals surface area contributed by atoms with Gasteiger partial charge in [0, 0.05) is 0 Å². The van der Waals surface area contributed by atoms with Crippen molar-refractivity contribution in [2.24, 2.45) is 5.92 Å². The van der Waals surface area contributed by atoms with Gasteiger partial charge in [-0.25, -0.2) is 0 Å². The van der Waals surface area contributed by atoms with Crippen LogP contribution in [0.3, 0.4) is 0 Å². The predicted molar refractivity (Wildman–Crippen MR) is 71.5 cm³/mol. The molecule has 0 N–H and O–H groups in total. The van der Waals surface area contributed by atoms with E-state index in [4.69, 9.17) is 4.18 Å². The first-order valence-electron chi connectivity index (χ1n) is 6.22. The van der Waals surface area contributed by atoms with Crippen LogP contribution in [-0.4, -0.2) is 15.0 Å². The zero-order valence-electron chi connectivity index (χ0n) is 10.3. The molecule has 0 unspecified atom stereocenters. The smallest absolute Gasteiger partial charge is 0.270 e. The van der Waals surface area contributed by atoms with Gasteiger partial charge in [0.1, 0.15) is 5.75 Å². The van der Waals surface area contributed by atoms with E-state index >= 15 is 0 Å². The first-order chi connectivity index (χ1) is 8.66. The van der Waals surface area contributed by atoms with Crippen LogP contribution in [0.2, 0.25) is 0 Å². The molecule has 0 aliphatic heterocycles. The van der Waals surface area contributed by atoms with Crippen molar-refractivity contribution in [1.82, 2.24) is 0 Å². The molecule has 0 fully saturated rings. The van der Waals surface area contributed by atoms with Crippen molar-refractivity contribution in [1.29, 1.82) is 0 Å². The van der Waals surface area contributed by atoms with Crippen LogP contribution in [0.25, 0.3) is 0 Å². The Balaban J connectivity index is 1.77. The molecule has 3 nitrogen and oxygen atoms in total. The van der Waals surface area contributed by atoms with Crippen molar-refractivity contribution in [2.45, 2.75) is 25.0 Å². The number of hydrogen-bond donors (Lipinski definition) is 0. The molecular weight excluding hydrogens is 248 g/mol. The Morgan fingerprint density at radius 3 is 2.44 bits per heavy atom. The fourth-order valence-corrected chi connectivity index (χ4v) is 3.11. The molecule has 0 atom stereocenters. The summed E-state index contributed by atoms with van der Waals surface area (Å²) in [6.45, 7) is 0.293. The minimum atomic E-state index is -3.45. The van der Waals surface area contributed by atoms with Crippen LogP contribution in [-0.2, 0) is 20.1 Å². The van der Waals surface area contributed by atoms with Gasteiger partial charge in [0.05, 0.1) is 6.61 Å². The molecule has 1 aliphatic rings. The molecule has 0 bridgehead atoms. The highest BCUT2D eigenvalue weighted by Crippen LogP contribution is 2.21. The lowest BCUT2D eigenvalue weighted by Gasteiger charge is -2.09. The molecule has 0 saturated heterocycles. The second-order valence-electron chi connectivity index (χ2n) is 4.61. The highest BCUT2D eigenvalue weighted by Gasteiger charge is 2.15. The van der Waals surface area contributed by atoms with Gasteiger partial charge in [-0.3, -0.25) is 4.18 Å². The summed E-state index contributed by atoms with van der Waals surface area (Å²) in [4.78, 5) is 0. The average Bonchev–Trinajstić information content (AvgIpc) is 2.82. The van der Waals surface area contributed by atoms with Crippen LogP contribution < -0.4 is 0 Å². The van der Waals surface area contributed by atoms with E-state index in [0.29, 0.717) is 12.5 Å². The Kier molecular flexibility index (Phi) is 4.55. The summed E-state index contributed by atoms with van der Waals surface area (Å²) in [7, 11) is -3.45. The van der Waals surface area contributed by atoms with Crippen LogP contribution in [0.15, 0.2) is 42.5 Å². The van der Waals surface area contributed by atoms with Gasteiger partial charge in [0.25, 0.3) is 10.1 Å². The molecule has 4 heteroatoms. The first kappa shape index (κ1) is 13.3. The predicted octanol–water partition coefficient (Wildman–Crippen LogP) is 2.89.